The summed E-state index contributed by atoms with van der Waals surface area (Å²) in [7, 11) is 0. The van der Waals surface area contributed by atoms with E-state index in [2.05, 4.69) is 289 Å². The topological polar surface area (TPSA) is 6.48 Å². The molecular weight excluding hydrogens is 833 g/mol. The van der Waals surface area contributed by atoms with Gasteiger partial charge in [-0.25, -0.2) is 0 Å². The molecule has 11 aromatic rings. The molecule has 0 heterocycles. The zero-order valence-electron chi connectivity index (χ0n) is 38.0. The van der Waals surface area contributed by atoms with Crippen molar-refractivity contribution in [3.05, 3.63) is 301 Å². The molecule has 13 rings (SSSR count). The lowest BCUT2D eigenvalue weighted by atomic mass is 9.70. The minimum Gasteiger partial charge on any atom is -0.310 e. The number of para-hydroxylation sites is 1. The van der Waals surface area contributed by atoms with E-state index in [9.17, 15) is 0 Å². The van der Waals surface area contributed by atoms with Gasteiger partial charge in [-0.3, -0.25) is 0 Å². The molecule has 0 amide bonds. The summed E-state index contributed by atoms with van der Waals surface area (Å²) in [5, 5.41) is 0. The van der Waals surface area contributed by atoms with Crippen molar-refractivity contribution in [2.45, 2.75) is 5.41 Å². The summed E-state index contributed by atoms with van der Waals surface area (Å²) in [5.74, 6) is 0. The third kappa shape index (κ3) is 6.64. The summed E-state index contributed by atoms with van der Waals surface area (Å²) in [6.45, 7) is 0. The van der Waals surface area contributed by atoms with E-state index in [1.807, 2.05) is 0 Å². The van der Waals surface area contributed by atoms with Gasteiger partial charge < -0.3 is 9.80 Å². The monoisotopic (exact) mass is 878 g/mol. The van der Waals surface area contributed by atoms with Crippen molar-refractivity contribution in [1.29, 1.82) is 0 Å². The molecule has 0 aromatic heterocycles. The highest BCUT2D eigenvalue weighted by Crippen LogP contribution is 2.65. The maximum absolute atomic E-state index is 2.48. The molecule has 0 bridgehead atoms. The first-order valence-corrected chi connectivity index (χ1v) is 23.8. The highest BCUT2D eigenvalue weighted by molar-refractivity contribution is 6.02. The number of nitrogens with zero attached hydrogens (tertiary/aromatic N) is 2. The van der Waals surface area contributed by atoms with Crippen LogP contribution in [0.5, 0.6) is 0 Å². The number of anilines is 6. The second kappa shape index (κ2) is 16.7. The first-order valence-electron chi connectivity index (χ1n) is 23.8. The van der Waals surface area contributed by atoms with Crippen LogP contribution >= 0.6 is 0 Å². The van der Waals surface area contributed by atoms with E-state index < -0.39 is 5.41 Å². The Morgan fingerprint density at radius 1 is 0.217 bits per heavy atom. The van der Waals surface area contributed by atoms with Gasteiger partial charge in [-0.2, -0.15) is 0 Å². The van der Waals surface area contributed by atoms with Gasteiger partial charge in [-0.1, -0.05) is 212 Å². The van der Waals surface area contributed by atoms with Crippen molar-refractivity contribution in [1.82, 2.24) is 0 Å². The Morgan fingerprint density at radius 2 is 0.580 bits per heavy atom. The van der Waals surface area contributed by atoms with Gasteiger partial charge in [-0.05, 0) is 139 Å². The van der Waals surface area contributed by atoms with Gasteiger partial charge in [0.1, 0.15) is 0 Å². The Bertz CT molecular complexity index is 3540. The molecule has 2 aliphatic carbocycles. The standard InChI is InChI=1S/C67H46N2/c1-5-18-47(19-6-1)50-32-38-54(39-33-50)68(53-24-11-4-12-25-53)57-44-45-59-58-26-13-15-28-61(58)67(64(59)46-57)62-29-16-14-27-60(62)66-63(67)30-17-31-65(66)69(55-40-34-51(35-41-55)48-20-7-2-8-21-48)56-42-36-52(37-43-56)49-22-9-3-10-23-49/h1-46H. The van der Waals surface area contributed by atoms with Crippen LogP contribution in [0.15, 0.2) is 279 Å². The van der Waals surface area contributed by atoms with Crippen LogP contribution in [0.4, 0.5) is 34.1 Å². The van der Waals surface area contributed by atoms with E-state index in [1.54, 1.807) is 0 Å². The average molecular weight is 879 g/mol. The lowest BCUT2D eigenvalue weighted by Crippen LogP contribution is -2.26. The van der Waals surface area contributed by atoms with Crippen LogP contribution in [-0.4, -0.2) is 0 Å². The van der Waals surface area contributed by atoms with Gasteiger partial charge >= 0.3 is 0 Å². The predicted octanol–water partition coefficient (Wildman–Crippen LogP) is 18.0. The minimum absolute atomic E-state index is 0.580. The zero-order chi connectivity index (χ0) is 45.7. The predicted molar refractivity (Wildman–Crippen MR) is 288 cm³/mol. The molecule has 1 spiro atoms. The molecule has 11 aromatic carbocycles. The molecule has 69 heavy (non-hydrogen) atoms. The lowest BCUT2D eigenvalue weighted by molar-refractivity contribution is 0.793. The van der Waals surface area contributed by atoms with Crippen LogP contribution < -0.4 is 9.80 Å². The van der Waals surface area contributed by atoms with Crippen molar-refractivity contribution in [3.63, 3.8) is 0 Å². The van der Waals surface area contributed by atoms with E-state index in [1.165, 1.54) is 77.9 Å². The fourth-order valence-corrected chi connectivity index (χ4v) is 11.2. The van der Waals surface area contributed by atoms with Gasteiger partial charge in [0.2, 0.25) is 0 Å². The molecule has 0 saturated carbocycles. The molecule has 0 saturated heterocycles. The molecule has 2 heteroatoms. The summed E-state index contributed by atoms with van der Waals surface area (Å²) in [6.07, 6.45) is 0. The molecular formula is C67H46N2. The molecule has 2 nitrogen and oxygen atoms in total. The van der Waals surface area contributed by atoms with Crippen molar-refractivity contribution < 1.29 is 0 Å². The normalized spacial score (nSPS) is 13.9. The van der Waals surface area contributed by atoms with Crippen LogP contribution in [0.25, 0.3) is 55.6 Å². The fraction of sp³-hybridized carbons (Fsp3) is 0.0149. The number of fused-ring (bicyclic) bond motifs is 10. The molecule has 2 aliphatic rings. The first-order chi connectivity index (χ1) is 34.2. The minimum atomic E-state index is -0.580. The van der Waals surface area contributed by atoms with Gasteiger partial charge in [0.05, 0.1) is 11.1 Å². The highest BCUT2D eigenvalue weighted by atomic mass is 15.1. The van der Waals surface area contributed by atoms with Gasteiger partial charge in [0, 0.05) is 34.0 Å². The molecule has 0 fully saturated rings. The summed E-state index contributed by atoms with van der Waals surface area (Å²) < 4.78 is 0. The fourth-order valence-electron chi connectivity index (χ4n) is 11.2. The molecule has 1 unspecified atom stereocenters. The smallest absolute Gasteiger partial charge is 0.0727 e. The van der Waals surface area contributed by atoms with E-state index in [0.29, 0.717) is 0 Å². The van der Waals surface area contributed by atoms with E-state index >= 15 is 0 Å². The molecule has 0 N–H and O–H groups in total. The third-order valence-corrected chi connectivity index (χ3v) is 14.3. The van der Waals surface area contributed by atoms with Gasteiger partial charge in [-0.15, -0.1) is 0 Å². The summed E-state index contributed by atoms with van der Waals surface area (Å²) >= 11 is 0. The van der Waals surface area contributed by atoms with Crippen LogP contribution in [0, 0.1) is 0 Å². The summed E-state index contributed by atoms with van der Waals surface area (Å²) in [6, 6.07) is 102. The van der Waals surface area contributed by atoms with E-state index in [0.717, 1.165) is 34.1 Å². The molecule has 1 atom stereocenters. The van der Waals surface area contributed by atoms with Crippen molar-refractivity contribution >= 4 is 34.1 Å². The Hall–Kier alpha value is -8.98. The first kappa shape index (κ1) is 40.3. The number of hydrogen-bond acceptors (Lipinski definition) is 2. The van der Waals surface area contributed by atoms with E-state index in [4.69, 9.17) is 0 Å². The zero-order valence-corrected chi connectivity index (χ0v) is 38.0. The third-order valence-electron chi connectivity index (χ3n) is 14.3. The summed E-state index contributed by atoms with van der Waals surface area (Å²) in [4.78, 5) is 4.87. The number of hydrogen-bond donors (Lipinski definition) is 0. The van der Waals surface area contributed by atoms with Crippen molar-refractivity contribution in [3.8, 4) is 55.6 Å². The maximum atomic E-state index is 2.48. The number of rotatable bonds is 9. The number of benzene rings is 11. The van der Waals surface area contributed by atoms with Crippen LogP contribution in [-0.2, 0) is 5.41 Å². The van der Waals surface area contributed by atoms with Crippen molar-refractivity contribution in [2.24, 2.45) is 0 Å². The largest absolute Gasteiger partial charge is 0.310 e. The quantitative estimate of drug-likeness (QED) is 0.143. The van der Waals surface area contributed by atoms with Crippen LogP contribution in [0.3, 0.4) is 0 Å². The van der Waals surface area contributed by atoms with Gasteiger partial charge in [0.15, 0.2) is 0 Å². The highest BCUT2D eigenvalue weighted by Gasteiger charge is 2.52. The Labute approximate surface area is 404 Å². The second-order valence-electron chi connectivity index (χ2n) is 18.0. The second-order valence-corrected chi connectivity index (χ2v) is 18.0. The summed E-state index contributed by atoms with van der Waals surface area (Å²) in [5.41, 5.74) is 23.5. The Kier molecular flexibility index (Phi) is 9.77. The van der Waals surface area contributed by atoms with E-state index in [-0.39, 0.29) is 0 Å². The molecule has 0 aliphatic heterocycles. The Morgan fingerprint density at radius 3 is 1.10 bits per heavy atom. The molecule has 324 valence electrons. The van der Waals surface area contributed by atoms with Gasteiger partial charge in [0.25, 0.3) is 0 Å². The average Bonchev–Trinajstić information content (AvgIpc) is 3.90. The Balaban J connectivity index is 1.02. The van der Waals surface area contributed by atoms with Crippen LogP contribution in [0.1, 0.15) is 22.3 Å². The molecule has 0 radical (unpaired) electrons. The van der Waals surface area contributed by atoms with Crippen molar-refractivity contribution in [2.75, 3.05) is 9.80 Å². The SMILES string of the molecule is c1ccc(-c2ccc(N(c3ccccc3)c3ccc4c(c3)C3(c5ccccc5-4)c4ccccc4-c4c(N(c5ccc(-c6ccccc6)cc5)c5ccc(-c6ccccc6)cc5)cccc43)cc2)cc1. The maximum Gasteiger partial charge on any atom is 0.0727 e. The lowest BCUT2D eigenvalue weighted by Gasteiger charge is -2.33. The van der Waals surface area contributed by atoms with Crippen LogP contribution in [0.2, 0.25) is 0 Å².